The Bertz CT molecular complexity index is 88.8. The van der Waals surface area contributed by atoms with Gasteiger partial charge in [-0.05, 0) is 6.04 Å². The van der Waals surface area contributed by atoms with Crippen LogP contribution in [0.25, 0.3) is 0 Å². The Morgan fingerprint density at radius 1 is 1.83 bits per heavy atom. The smallest absolute Gasteiger partial charge is 0.164 e. The van der Waals surface area contributed by atoms with Gasteiger partial charge >= 0.3 is 0 Å². The molecule has 3 heteroatoms. The van der Waals surface area contributed by atoms with Crippen LogP contribution in [0.3, 0.4) is 0 Å². The molecule has 34 valence electrons. The molecule has 0 aromatic rings. The van der Waals surface area contributed by atoms with Crippen molar-refractivity contribution in [1.29, 1.82) is 0 Å². The van der Waals surface area contributed by atoms with Crippen LogP contribution in [-0.2, 0) is 0 Å². The first-order chi connectivity index (χ1) is 2.80. The molecule has 0 nitrogen and oxygen atoms in total. The lowest BCUT2D eigenvalue weighted by molar-refractivity contribution is 1.59. The zero-order valence-electron chi connectivity index (χ0n) is 3.12. The third-order valence-electron chi connectivity index (χ3n) is 0.819. The molecule has 1 aliphatic heterocycles. The van der Waals surface area contributed by atoms with Gasteiger partial charge in [0.1, 0.15) is 0 Å². The number of rotatable bonds is 0. The van der Waals surface area contributed by atoms with Gasteiger partial charge in [0.05, 0.1) is 0 Å². The second kappa shape index (κ2) is 1.56. The van der Waals surface area contributed by atoms with E-state index in [2.05, 4.69) is 0 Å². The Morgan fingerprint density at radius 2 is 2.33 bits per heavy atom. The third kappa shape index (κ3) is 0.624. The van der Waals surface area contributed by atoms with Gasteiger partial charge in [-0.15, -0.1) is 0 Å². The Balaban J connectivity index is 2.51. The van der Waals surface area contributed by atoms with E-state index in [-0.39, 0.29) is 0 Å². The maximum Gasteiger partial charge on any atom is 0.187 e. The van der Waals surface area contributed by atoms with Crippen molar-refractivity contribution in [2.24, 2.45) is 0 Å². The second-order valence-corrected chi connectivity index (χ2v) is 5.70. The highest BCUT2D eigenvalue weighted by Crippen LogP contribution is 2.24. The molecule has 0 aromatic carbocycles. The van der Waals surface area contributed by atoms with Crippen molar-refractivity contribution in [3.8, 4) is 0 Å². The number of halogens is 2. The average molecular weight is 139 g/mol. The molecule has 0 fully saturated rings. The first-order valence-corrected chi connectivity index (χ1v) is 5.32. The average Bonchev–Trinajstić information content (AvgIpc) is 1.61. The van der Waals surface area contributed by atoms with E-state index in [0.717, 1.165) is 10.7 Å². The molecule has 1 aliphatic rings. The van der Waals surface area contributed by atoms with Crippen LogP contribution in [0.5, 0.6) is 0 Å². The van der Waals surface area contributed by atoms with Crippen molar-refractivity contribution in [3.05, 3.63) is 10.7 Å². The summed E-state index contributed by atoms with van der Waals surface area (Å²) in [5.74, 6) is 0. The topological polar surface area (TPSA) is 0 Å². The van der Waals surface area contributed by atoms with E-state index in [9.17, 15) is 0 Å². The molecule has 0 saturated heterocycles. The molecule has 1 rings (SSSR count). The molecule has 0 aliphatic carbocycles. The molecule has 0 amide bonds. The zero-order chi connectivity index (χ0) is 4.57. The molecule has 1 heterocycles. The fraction of sp³-hybridized carbons (Fsp3) is 0.333. The van der Waals surface area contributed by atoms with Gasteiger partial charge in [0, 0.05) is 4.66 Å². The van der Waals surface area contributed by atoms with Gasteiger partial charge < -0.3 is 0 Å². The first-order valence-electron chi connectivity index (χ1n) is 1.80. The summed E-state index contributed by atoms with van der Waals surface area (Å²) >= 11 is 11.1. The molecular weight excluding hydrogens is 135 g/mol. The molecular formula is C3H4Cl2Si. The van der Waals surface area contributed by atoms with Gasteiger partial charge in [-0.1, -0.05) is 17.7 Å². The van der Waals surface area contributed by atoms with Gasteiger partial charge in [-0.25, -0.2) is 0 Å². The number of hydrogen-bond acceptors (Lipinski definition) is 0. The molecule has 0 aromatic heterocycles. The van der Waals surface area contributed by atoms with Crippen LogP contribution in [-0.4, -0.2) is 8.11 Å². The van der Waals surface area contributed by atoms with E-state index >= 15 is 0 Å². The maximum absolute atomic E-state index is 5.64. The normalized spacial score (nSPS) is 31.7. The molecule has 1 atom stereocenters. The third-order valence-corrected chi connectivity index (χ3v) is 4.82. The lowest BCUT2D eigenvalue weighted by Gasteiger charge is -2.10. The maximum atomic E-state index is 5.64. The highest BCUT2D eigenvalue weighted by molar-refractivity contribution is 7.16. The van der Waals surface area contributed by atoms with E-state index in [4.69, 9.17) is 22.7 Å². The van der Waals surface area contributed by atoms with Crippen LogP contribution in [0.2, 0.25) is 6.04 Å². The number of hydrogen-bond donors (Lipinski definition) is 0. The molecule has 0 saturated carbocycles. The summed E-state index contributed by atoms with van der Waals surface area (Å²) in [6, 6.07) is 1.08. The van der Waals surface area contributed by atoms with Crippen LogP contribution in [0.1, 0.15) is 0 Å². The van der Waals surface area contributed by atoms with Gasteiger partial charge in [0.2, 0.25) is 0 Å². The SMILES string of the molecule is ClC1=CC[SiH]1Cl. The van der Waals surface area contributed by atoms with E-state index in [1.807, 2.05) is 6.08 Å². The fourth-order valence-corrected chi connectivity index (χ4v) is 1.96. The predicted octanol–water partition coefficient (Wildman–Crippen LogP) is 1.62. The summed E-state index contributed by atoms with van der Waals surface area (Å²) in [4.78, 5) is 0. The van der Waals surface area contributed by atoms with Gasteiger partial charge in [-0.3, -0.25) is 0 Å². The van der Waals surface area contributed by atoms with Crippen molar-refractivity contribution in [2.75, 3.05) is 0 Å². The Morgan fingerprint density at radius 3 is 2.33 bits per heavy atom. The highest BCUT2D eigenvalue weighted by atomic mass is 35.6. The minimum absolute atomic E-state index is 0.941. The largest absolute Gasteiger partial charge is 0.187 e. The summed E-state index contributed by atoms with van der Waals surface area (Å²) in [5.41, 5.74) is 0. The summed E-state index contributed by atoms with van der Waals surface area (Å²) in [6.45, 7) is 0. The van der Waals surface area contributed by atoms with Gasteiger partial charge in [0.25, 0.3) is 0 Å². The van der Waals surface area contributed by atoms with Crippen molar-refractivity contribution in [3.63, 3.8) is 0 Å². The quantitative estimate of drug-likeness (QED) is 0.353. The fourth-order valence-electron chi connectivity index (χ4n) is 0.296. The summed E-state index contributed by atoms with van der Waals surface area (Å²) < 4.78 is 0.941. The number of allylic oxidation sites excluding steroid dienone is 1. The van der Waals surface area contributed by atoms with E-state index in [1.165, 1.54) is 0 Å². The summed E-state index contributed by atoms with van der Waals surface area (Å²) in [6.07, 6.45) is 1.98. The van der Waals surface area contributed by atoms with Gasteiger partial charge in [-0.2, -0.15) is 11.1 Å². The van der Waals surface area contributed by atoms with Crippen LogP contribution < -0.4 is 0 Å². The minimum Gasteiger partial charge on any atom is -0.164 e. The lowest BCUT2D eigenvalue weighted by atomic mass is 10.7. The molecule has 0 N–H and O–H groups in total. The lowest BCUT2D eigenvalue weighted by Crippen LogP contribution is -2.10. The van der Waals surface area contributed by atoms with E-state index in [0.29, 0.717) is 0 Å². The first kappa shape index (κ1) is 4.69. The predicted molar refractivity (Wildman–Crippen MR) is 31.7 cm³/mol. The zero-order valence-corrected chi connectivity index (χ0v) is 5.78. The van der Waals surface area contributed by atoms with E-state index < -0.39 is 8.11 Å². The Hall–Kier alpha value is 0.537. The molecule has 6 heavy (non-hydrogen) atoms. The standard InChI is InChI=1S/C3H4Cl2Si/c4-3-1-2-6(3)5/h1,6H,2H2. The highest BCUT2D eigenvalue weighted by Gasteiger charge is 2.17. The molecule has 0 spiro atoms. The van der Waals surface area contributed by atoms with Crippen LogP contribution in [0.4, 0.5) is 0 Å². The van der Waals surface area contributed by atoms with Crippen molar-refractivity contribution in [1.82, 2.24) is 0 Å². The molecule has 0 radical (unpaired) electrons. The van der Waals surface area contributed by atoms with E-state index in [1.54, 1.807) is 0 Å². The van der Waals surface area contributed by atoms with Crippen molar-refractivity contribution >= 4 is 30.8 Å². The Labute approximate surface area is 48.1 Å². The van der Waals surface area contributed by atoms with Crippen LogP contribution in [0.15, 0.2) is 10.7 Å². The molecule has 1 unspecified atom stereocenters. The van der Waals surface area contributed by atoms with Crippen molar-refractivity contribution in [2.45, 2.75) is 6.04 Å². The Kier molecular flexibility index (Phi) is 1.22. The summed E-state index contributed by atoms with van der Waals surface area (Å²) in [7, 11) is -0.965. The van der Waals surface area contributed by atoms with Crippen molar-refractivity contribution < 1.29 is 0 Å². The summed E-state index contributed by atoms with van der Waals surface area (Å²) in [5, 5.41) is 0. The molecule has 0 bridgehead atoms. The monoisotopic (exact) mass is 138 g/mol. The second-order valence-electron chi connectivity index (χ2n) is 1.29. The van der Waals surface area contributed by atoms with Gasteiger partial charge in [0.15, 0.2) is 8.11 Å². The minimum atomic E-state index is -0.965. The van der Waals surface area contributed by atoms with Crippen LogP contribution in [0, 0.1) is 0 Å². The van der Waals surface area contributed by atoms with Crippen LogP contribution >= 0.6 is 22.7 Å².